The molecule has 0 spiro atoms. The molecule has 0 aromatic carbocycles. The number of carbonyl (C=O) groups is 1. The monoisotopic (exact) mass is 295 g/mol. The zero-order valence-corrected chi connectivity index (χ0v) is 13.1. The van der Waals surface area contributed by atoms with E-state index in [1.807, 2.05) is 7.05 Å². The molecular formula is C14H25N5O2. The third-order valence-electron chi connectivity index (χ3n) is 3.57. The zero-order valence-electron chi connectivity index (χ0n) is 13.1. The van der Waals surface area contributed by atoms with Gasteiger partial charge >= 0.3 is 0 Å². The molecule has 1 fully saturated rings. The van der Waals surface area contributed by atoms with Crippen LogP contribution in [0, 0.1) is 5.92 Å². The van der Waals surface area contributed by atoms with E-state index >= 15 is 0 Å². The van der Waals surface area contributed by atoms with Gasteiger partial charge in [0.1, 0.15) is 12.2 Å². The highest BCUT2D eigenvalue weighted by Gasteiger charge is 2.22. The molecule has 0 aliphatic carbocycles. The lowest BCUT2D eigenvalue weighted by Crippen LogP contribution is -2.44. The van der Waals surface area contributed by atoms with Crippen LogP contribution in [0.1, 0.15) is 32.1 Å². The van der Waals surface area contributed by atoms with Crippen molar-refractivity contribution in [2.75, 3.05) is 32.8 Å². The molecule has 0 radical (unpaired) electrons. The fraction of sp³-hybridized carbons (Fsp3) is 0.786. The number of amides is 1. The molecule has 0 bridgehead atoms. The largest absolute Gasteiger partial charge is 0.379 e. The van der Waals surface area contributed by atoms with E-state index < -0.39 is 0 Å². The summed E-state index contributed by atoms with van der Waals surface area (Å²) in [4.78, 5) is 18.6. The Morgan fingerprint density at radius 2 is 2.14 bits per heavy atom. The van der Waals surface area contributed by atoms with Crippen LogP contribution in [0.25, 0.3) is 0 Å². The molecule has 1 saturated heterocycles. The van der Waals surface area contributed by atoms with Crippen molar-refractivity contribution in [2.45, 2.75) is 26.3 Å². The Bertz CT molecular complexity index is 454. The van der Waals surface area contributed by atoms with Crippen LogP contribution in [-0.4, -0.2) is 58.4 Å². The molecule has 0 saturated carbocycles. The number of aryl methyl sites for hydroxylation is 1. The van der Waals surface area contributed by atoms with Gasteiger partial charge in [0.2, 0.25) is 5.91 Å². The molecule has 1 atom stereocenters. The van der Waals surface area contributed by atoms with E-state index in [1.165, 1.54) is 6.33 Å². The van der Waals surface area contributed by atoms with Crippen molar-refractivity contribution >= 4 is 5.91 Å². The van der Waals surface area contributed by atoms with Gasteiger partial charge < -0.3 is 10.1 Å². The third-order valence-corrected chi connectivity index (χ3v) is 3.57. The number of rotatable bonds is 6. The normalized spacial score (nSPS) is 17.9. The molecule has 1 aromatic rings. The molecule has 0 unspecified atom stereocenters. The summed E-state index contributed by atoms with van der Waals surface area (Å²) >= 11 is 0. The Morgan fingerprint density at radius 1 is 1.43 bits per heavy atom. The summed E-state index contributed by atoms with van der Waals surface area (Å²) in [5, 5.41) is 7.19. The van der Waals surface area contributed by atoms with Crippen LogP contribution >= 0.6 is 0 Å². The van der Waals surface area contributed by atoms with Crippen molar-refractivity contribution < 1.29 is 9.53 Å². The van der Waals surface area contributed by atoms with Crippen molar-refractivity contribution in [1.82, 2.24) is 25.0 Å². The highest BCUT2D eigenvalue weighted by molar-refractivity contribution is 5.78. The molecular weight excluding hydrogens is 270 g/mol. The minimum atomic E-state index is -0.0916. The number of ether oxygens (including phenoxy) is 1. The number of morpholine rings is 1. The molecule has 21 heavy (non-hydrogen) atoms. The van der Waals surface area contributed by atoms with Crippen molar-refractivity contribution in [3.05, 3.63) is 12.2 Å². The standard InChI is InChI=1S/C14H25N5O2/c1-11(2)8-12(14-15-10-16-18(14)3)17-13(20)9-19-4-6-21-7-5-19/h10-12H,4-9H2,1-3H3,(H,17,20)/t12-/m0/s1. The maximum Gasteiger partial charge on any atom is 0.234 e. The first-order valence-electron chi connectivity index (χ1n) is 7.49. The van der Waals surface area contributed by atoms with E-state index in [9.17, 15) is 4.79 Å². The first-order chi connectivity index (χ1) is 10.1. The summed E-state index contributed by atoms with van der Waals surface area (Å²) in [6.45, 7) is 7.71. The predicted molar refractivity (Wildman–Crippen MR) is 78.6 cm³/mol. The number of hydrogen-bond donors (Lipinski definition) is 1. The van der Waals surface area contributed by atoms with Crippen LogP contribution in [0.2, 0.25) is 0 Å². The lowest BCUT2D eigenvalue weighted by atomic mass is 10.0. The van der Waals surface area contributed by atoms with Gasteiger partial charge in [-0.3, -0.25) is 14.4 Å². The fourth-order valence-electron chi connectivity index (χ4n) is 2.52. The van der Waals surface area contributed by atoms with Gasteiger partial charge in [-0.05, 0) is 12.3 Å². The van der Waals surface area contributed by atoms with E-state index in [2.05, 4.69) is 34.1 Å². The first-order valence-corrected chi connectivity index (χ1v) is 7.49. The van der Waals surface area contributed by atoms with Crippen LogP contribution in [0.3, 0.4) is 0 Å². The average Bonchev–Trinajstić information content (AvgIpc) is 2.85. The highest BCUT2D eigenvalue weighted by atomic mass is 16.5. The van der Waals surface area contributed by atoms with Crippen LogP contribution in [0.4, 0.5) is 0 Å². The van der Waals surface area contributed by atoms with Gasteiger partial charge in [-0.1, -0.05) is 13.8 Å². The number of nitrogens with one attached hydrogen (secondary N) is 1. The predicted octanol–water partition coefficient (Wildman–Crippen LogP) is 0.351. The maximum atomic E-state index is 12.3. The van der Waals surface area contributed by atoms with Crippen LogP contribution < -0.4 is 5.32 Å². The topological polar surface area (TPSA) is 72.3 Å². The van der Waals surface area contributed by atoms with Crippen molar-refractivity contribution in [3.63, 3.8) is 0 Å². The second-order valence-electron chi connectivity index (χ2n) is 5.88. The second kappa shape index (κ2) is 7.51. The Labute approximate surface area is 125 Å². The third kappa shape index (κ3) is 4.78. The smallest absolute Gasteiger partial charge is 0.234 e. The Balaban J connectivity index is 1.94. The zero-order chi connectivity index (χ0) is 15.2. The van der Waals surface area contributed by atoms with Crippen molar-refractivity contribution in [2.24, 2.45) is 13.0 Å². The second-order valence-corrected chi connectivity index (χ2v) is 5.88. The summed E-state index contributed by atoms with van der Waals surface area (Å²) < 4.78 is 7.02. The Kier molecular flexibility index (Phi) is 5.69. The number of hydrogen-bond acceptors (Lipinski definition) is 5. The lowest BCUT2D eigenvalue weighted by molar-refractivity contribution is -0.124. The van der Waals surface area contributed by atoms with Crippen LogP contribution in [0.15, 0.2) is 6.33 Å². The molecule has 2 heterocycles. The van der Waals surface area contributed by atoms with Gasteiger partial charge in [0.15, 0.2) is 0 Å². The molecule has 1 amide bonds. The maximum absolute atomic E-state index is 12.3. The van der Waals surface area contributed by atoms with Gasteiger partial charge in [0.05, 0.1) is 25.8 Å². The SMILES string of the molecule is CC(C)C[C@H](NC(=O)CN1CCOCC1)c1ncnn1C. The van der Waals surface area contributed by atoms with Gasteiger partial charge in [-0.15, -0.1) is 0 Å². The minimum Gasteiger partial charge on any atom is -0.379 e. The van der Waals surface area contributed by atoms with E-state index in [0.717, 1.165) is 25.3 Å². The molecule has 1 aliphatic rings. The minimum absolute atomic E-state index is 0.0329. The Morgan fingerprint density at radius 3 is 2.71 bits per heavy atom. The molecule has 7 heteroatoms. The van der Waals surface area contributed by atoms with Crippen LogP contribution in [0.5, 0.6) is 0 Å². The fourth-order valence-corrected chi connectivity index (χ4v) is 2.52. The average molecular weight is 295 g/mol. The van der Waals surface area contributed by atoms with Gasteiger partial charge in [-0.25, -0.2) is 4.98 Å². The summed E-state index contributed by atoms with van der Waals surface area (Å²) in [6, 6.07) is -0.0916. The van der Waals surface area contributed by atoms with Gasteiger partial charge in [-0.2, -0.15) is 5.10 Å². The highest BCUT2D eigenvalue weighted by Crippen LogP contribution is 2.18. The molecule has 118 valence electrons. The van der Waals surface area contributed by atoms with Crippen molar-refractivity contribution in [1.29, 1.82) is 0 Å². The number of nitrogens with zero attached hydrogens (tertiary/aromatic N) is 4. The molecule has 1 aliphatic heterocycles. The quantitative estimate of drug-likeness (QED) is 0.820. The van der Waals surface area contributed by atoms with Crippen LogP contribution in [-0.2, 0) is 16.6 Å². The molecule has 7 nitrogen and oxygen atoms in total. The summed E-state index contributed by atoms with van der Waals surface area (Å²) in [5.74, 6) is 1.31. The van der Waals surface area contributed by atoms with Crippen molar-refractivity contribution in [3.8, 4) is 0 Å². The van der Waals surface area contributed by atoms with E-state index in [0.29, 0.717) is 25.7 Å². The van der Waals surface area contributed by atoms with E-state index in [1.54, 1.807) is 4.68 Å². The molecule has 2 rings (SSSR count). The van der Waals surface area contributed by atoms with E-state index in [4.69, 9.17) is 4.74 Å². The summed E-state index contributed by atoms with van der Waals surface area (Å²) in [7, 11) is 1.85. The molecule has 1 aromatic heterocycles. The Hall–Kier alpha value is -1.47. The number of aromatic nitrogens is 3. The summed E-state index contributed by atoms with van der Waals surface area (Å²) in [5.41, 5.74) is 0. The van der Waals surface area contributed by atoms with Gasteiger partial charge in [0.25, 0.3) is 0 Å². The van der Waals surface area contributed by atoms with Gasteiger partial charge in [0, 0.05) is 20.1 Å². The molecule has 1 N–H and O–H groups in total. The summed E-state index contributed by atoms with van der Waals surface area (Å²) in [6.07, 6.45) is 2.37. The van der Waals surface area contributed by atoms with E-state index in [-0.39, 0.29) is 11.9 Å². The lowest BCUT2D eigenvalue weighted by Gasteiger charge is -2.27. The first kappa shape index (κ1) is 15.9. The number of carbonyl (C=O) groups excluding carboxylic acids is 1.